The van der Waals surface area contributed by atoms with Crippen molar-refractivity contribution in [2.24, 2.45) is 11.7 Å². The number of rotatable bonds is 5. The van der Waals surface area contributed by atoms with E-state index in [9.17, 15) is 13.2 Å². The van der Waals surface area contributed by atoms with Crippen LogP contribution in [0.4, 0.5) is 5.82 Å². The summed E-state index contributed by atoms with van der Waals surface area (Å²) in [5.74, 6) is 0.861. The third-order valence-corrected chi connectivity index (χ3v) is 7.99. The first kappa shape index (κ1) is 21.0. The first-order valence-corrected chi connectivity index (χ1v) is 11.5. The maximum Gasteiger partial charge on any atom is 0.281 e. The normalized spacial score (nSPS) is 27.0. The molecule has 3 rings (SSSR count). The van der Waals surface area contributed by atoms with Crippen LogP contribution in [0, 0.1) is 5.92 Å². The van der Waals surface area contributed by atoms with Gasteiger partial charge in [-0.1, -0.05) is 26.8 Å². The highest BCUT2D eigenvalue weighted by molar-refractivity contribution is 7.86. The van der Waals surface area contributed by atoms with Gasteiger partial charge in [0.05, 0.1) is 0 Å². The van der Waals surface area contributed by atoms with Crippen LogP contribution >= 0.6 is 0 Å². The van der Waals surface area contributed by atoms with E-state index in [1.165, 1.54) is 8.61 Å². The summed E-state index contributed by atoms with van der Waals surface area (Å²) in [5, 5.41) is 0. The van der Waals surface area contributed by atoms with Crippen molar-refractivity contribution in [3.8, 4) is 0 Å². The Morgan fingerprint density at radius 1 is 1.21 bits per heavy atom. The summed E-state index contributed by atoms with van der Waals surface area (Å²) < 4.78 is 28.2. The van der Waals surface area contributed by atoms with Gasteiger partial charge in [-0.3, -0.25) is 4.79 Å². The van der Waals surface area contributed by atoms with E-state index in [-0.39, 0.29) is 17.9 Å². The van der Waals surface area contributed by atoms with E-state index in [2.05, 4.69) is 6.92 Å². The maximum atomic E-state index is 12.6. The van der Waals surface area contributed by atoms with Gasteiger partial charge in [0.2, 0.25) is 5.91 Å². The lowest BCUT2D eigenvalue weighted by atomic mass is 9.92. The average molecular weight is 410 g/mol. The van der Waals surface area contributed by atoms with Gasteiger partial charge in [0.15, 0.2) is 0 Å². The molecule has 2 atom stereocenters. The fraction of sp³-hybridized carbons (Fsp3) is 0.684. The number of aromatic nitrogens is 1. The molecule has 28 heavy (non-hydrogen) atoms. The van der Waals surface area contributed by atoms with Crippen molar-refractivity contribution in [3.63, 3.8) is 0 Å². The summed E-state index contributed by atoms with van der Waals surface area (Å²) in [5.41, 5.74) is 6.50. The number of carbonyl (C=O) groups is 1. The molecule has 0 saturated carbocycles. The van der Waals surface area contributed by atoms with Crippen LogP contribution in [0.25, 0.3) is 0 Å². The van der Waals surface area contributed by atoms with Gasteiger partial charge in [0.1, 0.15) is 11.9 Å². The lowest BCUT2D eigenvalue weighted by Crippen LogP contribution is -2.52. The predicted octanol–water partition coefficient (Wildman–Crippen LogP) is 1.16. The SMILES string of the molecule is CCN1CC(c2cccc(N3CCC(C)CC3C(N)=O)n2)CN(CC)S1(=O)=O. The summed E-state index contributed by atoms with van der Waals surface area (Å²) in [7, 11) is -3.39. The molecule has 2 N–H and O–H groups in total. The second-order valence-electron chi connectivity index (χ2n) is 7.77. The van der Waals surface area contributed by atoms with Crippen molar-refractivity contribution in [1.29, 1.82) is 0 Å². The molecule has 0 radical (unpaired) electrons. The van der Waals surface area contributed by atoms with Gasteiger partial charge in [-0.05, 0) is 30.9 Å². The quantitative estimate of drug-likeness (QED) is 0.787. The van der Waals surface area contributed by atoms with E-state index in [1.807, 2.05) is 36.9 Å². The summed E-state index contributed by atoms with van der Waals surface area (Å²) in [6.07, 6.45) is 1.72. The molecule has 0 spiro atoms. The zero-order valence-electron chi connectivity index (χ0n) is 16.9. The molecule has 1 amide bonds. The number of likely N-dealkylation sites (N-methyl/N-ethyl adjacent to an activating group) is 2. The second kappa shape index (κ2) is 8.34. The van der Waals surface area contributed by atoms with Gasteiger partial charge >= 0.3 is 0 Å². The van der Waals surface area contributed by atoms with Gasteiger partial charge < -0.3 is 10.6 Å². The number of hydrogen-bond acceptors (Lipinski definition) is 5. The van der Waals surface area contributed by atoms with E-state index >= 15 is 0 Å². The Hall–Kier alpha value is -1.71. The highest BCUT2D eigenvalue weighted by Gasteiger charge is 2.38. The highest BCUT2D eigenvalue weighted by Crippen LogP contribution is 2.30. The first-order chi connectivity index (χ1) is 13.3. The molecular formula is C19H31N5O3S. The van der Waals surface area contributed by atoms with E-state index < -0.39 is 10.2 Å². The van der Waals surface area contributed by atoms with Gasteiger partial charge in [0.25, 0.3) is 10.2 Å². The number of carbonyl (C=O) groups excluding carboxylic acids is 1. The van der Waals surface area contributed by atoms with Crippen molar-refractivity contribution in [3.05, 3.63) is 23.9 Å². The number of nitrogens with zero attached hydrogens (tertiary/aromatic N) is 4. The highest BCUT2D eigenvalue weighted by atomic mass is 32.2. The Morgan fingerprint density at radius 2 is 1.86 bits per heavy atom. The second-order valence-corrected chi connectivity index (χ2v) is 9.70. The zero-order chi connectivity index (χ0) is 20.5. The molecule has 1 aromatic heterocycles. The molecule has 9 heteroatoms. The summed E-state index contributed by atoms with van der Waals surface area (Å²) in [6.45, 7) is 8.29. The fourth-order valence-electron chi connectivity index (χ4n) is 4.18. The van der Waals surface area contributed by atoms with Gasteiger partial charge in [-0.2, -0.15) is 17.0 Å². The number of hydrogen-bond donors (Lipinski definition) is 1. The lowest BCUT2D eigenvalue weighted by Gasteiger charge is -2.39. The molecule has 2 saturated heterocycles. The predicted molar refractivity (Wildman–Crippen MR) is 109 cm³/mol. The van der Waals surface area contributed by atoms with E-state index in [1.54, 1.807) is 0 Å². The van der Waals surface area contributed by atoms with Crippen molar-refractivity contribution in [2.45, 2.75) is 45.6 Å². The van der Waals surface area contributed by atoms with E-state index in [4.69, 9.17) is 10.7 Å². The molecule has 8 nitrogen and oxygen atoms in total. The molecule has 0 bridgehead atoms. The number of anilines is 1. The molecule has 0 aromatic carbocycles. The Bertz CT molecular complexity index is 796. The van der Waals surface area contributed by atoms with Crippen LogP contribution < -0.4 is 10.6 Å². The molecule has 3 heterocycles. The van der Waals surface area contributed by atoms with E-state index in [0.717, 1.165) is 30.9 Å². The summed E-state index contributed by atoms with van der Waals surface area (Å²) in [4.78, 5) is 18.8. The third kappa shape index (κ3) is 4.01. The van der Waals surface area contributed by atoms with Crippen LogP contribution in [-0.2, 0) is 15.0 Å². The molecule has 2 aliphatic rings. The minimum Gasteiger partial charge on any atom is -0.368 e. The zero-order valence-corrected chi connectivity index (χ0v) is 17.7. The van der Waals surface area contributed by atoms with Gasteiger partial charge in [0, 0.05) is 44.3 Å². The summed E-state index contributed by atoms with van der Waals surface area (Å²) in [6, 6.07) is 5.44. The number of primary amides is 1. The van der Waals surface area contributed by atoms with Crippen molar-refractivity contribution in [1.82, 2.24) is 13.6 Å². The standard InChI is InChI=1S/C19H31N5O3S/c1-4-22-12-15(13-23(5-2)28(22,26)27)16-7-6-8-18(21-16)24-10-9-14(3)11-17(24)19(20)25/h6-8,14-15,17H,4-5,9-13H2,1-3H3,(H2,20,25). The van der Waals surface area contributed by atoms with E-state index in [0.29, 0.717) is 32.1 Å². The molecule has 2 fully saturated rings. The minimum atomic E-state index is -3.39. The average Bonchev–Trinajstić information content (AvgIpc) is 2.67. The monoisotopic (exact) mass is 409 g/mol. The molecule has 0 aliphatic carbocycles. The number of piperidine rings is 1. The lowest BCUT2D eigenvalue weighted by molar-refractivity contribution is -0.120. The Labute approximate surface area is 167 Å². The number of nitrogens with two attached hydrogens (primary N) is 1. The minimum absolute atomic E-state index is 0.0147. The third-order valence-electron chi connectivity index (χ3n) is 5.87. The number of amides is 1. The largest absolute Gasteiger partial charge is 0.368 e. The van der Waals surface area contributed by atoms with Gasteiger partial charge in [-0.15, -0.1) is 0 Å². The van der Waals surface area contributed by atoms with Crippen molar-refractivity contribution in [2.75, 3.05) is 37.6 Å². The maximum absolute atomic E-state index is 12.6. The Kier molecular flexibility index (Phi) is 6.26. The van der Waals surface area contributed by atoms with Crippen molar-refractivity contribution < 1.29 is 13.2 Å². The fourth-order valence-corrected chi connectivity index (χ4v) is 5.90. The van der Waals surface area contributed by atoms with Crippen LogP contribution in [0.5, 0.6) is 0 Å². The van der Waals surface area contributed by atoms with Crippen LogP contribution in [0.15, 0.2) is 18.2 Å². The van der Waals surface area contributed by atoms with Crippen LogP contribution in [-0.4, -0.2) is 66.7 Å². The molecule has 156 valence electrons. The van der Waals surface area contributed by atoms with Crippen LogP contribution in [0.1, 0.15) is 45.2 Å². The smallest absolute Gasteiger partial charge is 0.281 e. The number of pyridine rings is 1. The van der Waals surface area contributed by atoms with Crippen LogP contribution in [0.2, 0.25) is 0 Å². The van der Waals surface area contributed by atoms with Crippen molar-refractivity contribution >= 4 is 21.9 Å². The Morgan fingerprint density at radius 3 is 2.43 bits per heavy atom. The van der Waals surface area contributed by atoms with Crippen LogP contribution in [0.3, 0.4) is 0 Å². The molecular weight excluding hydrogens is 378 g/mol. The topological polar surface area (TPSA) is 99.8 Å². The summed E-state index contributed by atoms with van der Waals surface area (Å²) >= 11 is 0. The first-order valence-electron chi connectivity index (χ1n) is 10.1. The molecule has 1 aromatic rings. The Balaban J connectivity index is 1.88. The molecule has 2 unspecified atom stereocenters. The van der Waals surface area contributed by atoms with Gasteiger partial charge in [-0.25, -0.2) is 4.98 Å². The molecule has 2 aliphatic heterocycles.